The Bertz CT molecular complexity index is 647. The van der Waals surface area contributed by atoms with E-state index in [0.717, 1.165) is 18.4 Å². The Morgan fingerprint density at radius 2 is 1.59 bits per heavy atom. The molecule has 1 unspecified atom stereocenters. The molecule has 27 heavy (non-hydrogen) atoms. The molecule has 1 aliphatic rings. The molecule has 1 aromatic carbocycles. The van der Waals surface area contributed by atoms with Gasteiger partial charge in [-0.05, 0) is 12.0 Å². The maximum atomic E-state index is 12.9. The molecule has 6 heteroatoms. The minimum Gasteiger partial charge on any atom is -0.354 e. The van der Waals surface area contributed by atoms with Crippen LogP contribution in [0.15, 0.2) is 30.3 Å². The molecule has 1 saturated heterocycles. The van der Waals surface area contributed by atoms with E-state index in [-0.39, 0.29) is 17.4 Å². The van der Waals surface area contributed by atoms with Crippen LogP contribution in [0.3, 0.4) is 0 Å². The number of hydrogen-bond acceptors (Lipinski definition) is 4. The average Bonchev–Trinajstić information content (AvgIpc) is 2.66. The van der Waals surface area contributed by atoms with Crippen LogP contribution >= 0.6 is 0 Å². The standard InChI is InChI=1S/C21H34N2O3S/c1-2-3-4-5-6-7-11-14-22-21(24)20(19-12-9-8-10-13-19)23-15-17-27(25,26)18-16-23/h8-10,12-13,20H,2-7,11,14-18H2,1H3,(H,22,24). The SMILES string of the molecule is CCCCCCCCCNC(=O)C(c1ccccc1)N1CCS(=O)(=O)CC1. The third-order valence-electron chi connectivity index (χ3n) is 5.19. The molecule has 1 aromatic rings. The highest BCUT2D eigenvalue weighted by Crippen LogP contribution is 2.23. The molecule has 152 valence electrons. The van der Waals surface area contributed by atoms with Gasteiger partial charge in [-0.2, -0.15) is 0 Å². The monoisotopic (exact) mass is 394 g/mol. The molecule has 1 aliphatic heterocycles. The van der Waals surface area contributed by atoms with E-state index < -0.39 is 15.9 Å². The van der Waals surface area contributed by atoms with Gasteiger partial charge in [0.25, 0.3) is 0 Å². The van der Waals surface area contributed by atoms with Gasteiger partial charge in [0.15, 0.2) is 9.84 Å². The van der Waals surface area contributed by atoms with Crippen LogP contribution in [0.5, 0.6) is 0 Å². The maximum absolute atomic E-state index is 12.9. The number of amides is 1. The van der Waals surface area contributed by atoms with Crippen molar-refractivity contribution in [1.82, 2.24) is 10.2 Å². The van der Waals surface area contributed by atoms with Crippen molar-refractivity contribution in [2.45, 2.75) is 57.9 Å². The van der Waals surface area contributed by atoms with Gasteiger partial charge in [-0.15, -0.1) is 0 Å². The summed E-state index contributed by atoms with van der Waals surface area (Å²) >= 11 is 0. The van der Waals surface area contributed by atoms with Crippen LogP contribution in [0.4, 0.5) is 0 Å². The summed E-state index contributed by atoms with van der Waals surface area (Å²) in [6.45, 7) is 3.72. The number of nitrogens with one attached hydrogen (secondary N) is 1. The Balaban J connectivity index is 1.85. The highest BCUT2D eigenvalue weighted by atomic mass is 32.2. The number of carbonyl (C=O) groups excluding carboxylic acids is 1. The van der Waals surface area contributed by atoms with Crippen LogP contribution in [-0.4, -0.2) is 50.4 Å². The van der Waals surface area contributed by atoms with E-state index in [0.29, 0.717) is 19.6 Å². The van der Waals surface area contributed by atoms with E-state index in [2.05, 4.69) is 12.2 Å². The first-order chi connectivity index (χ1) is 13.0. The molecule has 1 heterocycles. The second-order valence-electron chi connectivity index (χ2n) is 7.41. The zero-order valence-corrected chi connectivity index (χ0v) is 17.3. The second-order valence-corrected chi connectivity index (χ2v) is 9.72. The minimum absolute atomic E-state index is 0.0218. The summed E-state index contributed by atoms with van der Waals surface area (Å²) in [5.74, 6) is 0.231. The fourth-order valence-corrected chi connectivity index (χ4v) is 4.77. The number of hydrogen-bond donors (Lipinski definition) is 1. The summed E-state index contributed by atoms with van der Waals surface area (Å²) in [4.78, 5) is 14.9. The first-order valence-corrected chi connectivity index (χ1v) is 12.1. The molecular weight excluding hydrogens is 360 g/mol. The molecule has 0 aromatic heterocycles. The van der Waals surface area contributed by atoms with Crippen molar-refractivity contribution in [3.63, 3.8) is 0 Å². The molecule has 1 N–H and O–H groups in total. The Morgan fingerprint density at radius 3 is 2.22 bits per heavy atom. The van der Waals surface area contributed by atoms with E-state index in [9.17, 15) is 13.2 Å². The normalized spacial score (nSPS) is 18.1. The van der Waals surface area contributed by atoms with Gasteiger partial charge in [-0.1, -0.05) is 75.8 Å². The van der Waals surface area contributed by atoms with Gasteiger partial charge in [-0.3, -0.25) is 9.69 Å². The van der Waals surface area contributed by atoms with Gasteiger partial charge in [0.2, 0.25) is 5.91 Å². The van der Waals surface area contributed by atoms with Crippen LogP contribution in [0, 0.1) is 0 Å². The highest BCUT2D eigenvalue weighted by molar-refractivity contribution is 7.91. The fraction of sp³-hybridized carbons (Fsp3) is 0.667. The lowest BCUT2D eigenvalue weighted by molar-refractivity contribution is -0.126. The summed E-state index contributed by atoms with van der Waals surface area (Å²) in [5, 5.41) is 3.07. The second kappa shape index (κ2) is 11.4. The number of benzene rings is 1. The summed E-state index contributed by atoms with van der Waals surface area (Å²) in [6, 6.07) is 9.25. The molecular formula is C21H34N2O3S. The molecule has 0 saturated carbocycles. The van der Waals surface area contributed by atoms with E-state index in [1.807, 2.05) is 35.2 Å². The molecule has 1 amide bonds. The van der Waals surface area contributed by atoms with E-state index in [4.69, 9.17) is 0 Å². The van der Waals surface area contributed by atoms with Crippen molar-refractivity contribution < 1.29 is 13.2 Å². The predicted molar refractivity (Wildman–Crippen MR) is 110 cm³/mol. The summed E-state index contributed by atoms with van der Waals surface area (Å²) < 4.78 is 23.5. The highest BCUT2D eigenvalue weighted by Gasteiger charge is 2.32. The molecule has 0 bridgehead atoms. The Hall–Kier alpha value is -1.40. The lowest BCUT2D eigenvalue weighted by Crippen LogP contribution is -2.47. The van der Waals surface area contributed by atoms with Crippen molar-refractivity contribution in [2.24, 2.45) is 0 Å². The van der Waals surface area contributed by atoms with Crippen molar-refractivity contribution >= 4 is 15.7 Å². The van der Waals surface area contributed by atoms with Gasteiger partial charge < -0.3 is 5.32 Å². The number of sulfone groups is 1. The summed E-state index contributed by atoms with van der Waals surface area (Å²) in [6.07, 6.45) is 8.50. The molecule has 1 fully saturated rings. The number of rotatable bonds is 11. The quantitative estimate of drug-likeness (QED) is 0.585. The molecule has 0 radical (unpaired) electrons. The van der Waals surface area contributed by atoms with Gasteiger partial charge in [0, 0.05) is 19.6 Å². The van der Waals surface area contributed by atoms with Crippen molar-refractivity contribution in [1.29, 1.82) is 0 Å². The third-order valence-corrected chi connectivity index (χ3v) is 6.80. The van der Waals surface area contributed by atoms with Crippen LogP contribution in [0.2, 0.25) is 0 Å². The topological polar surface area (TPSA) is 66.5 Å². The predicted octanol–water partition coefficient (Wildman–Crippen LogP) is 3.32. The average molecular weight is 395 g/mol. The van der Waals surface area contributed by atoms with Crippen LogP contribution in [-0.2, 0) is 14.6 Å². The molecule has 0 aliphatic carbocycles. The first kappa shape index (κ1) is 21.9. The van der Waals surface area contributed by atoms with Crippen LogP contribution in [0.25, 0.3) is 0 Å². The molecule has 5 nitrogen and oxygen atoms in total. The lowest BCUT2D eigenvalue weighted by atomic mass is 10.0. The van der Waals surface area contributed by atoms with Gasteiger partial charge in [-0.25, -0.2) is 8.42 Å². The van der Waals surface area contributed by atoms with Gasteiger partial charge >= 0.3 is 0 Å². The zero-order valence-electron chi connectivity index (χ0n) is 16.5. The smallest absolute Gasteiger partial charge is 0.241 e. The van der Waals surface area contributed by atoms with Crippen molar-refractivity contribution in [3.05, 3.63) is 35.9 Å². The maximum Gasteiger partial charge on any atom is 0.241 e. The summed E-state index contributed by atoms with van der Waals surface area (Å²) in [7, 11) is -2.96. The Labute approximate surface area is 164 Å². The Kier molecular flexibility index (Phi) is 9.28. The number of nitrogens with zero attached hydrogens (tertiary/aromatic N) is 1. The van der Waals surface area contributed by atoms with Crippen molar-refractivity contribution in [2.75, 3.05) is 31.1 Å². The molecule has 1 atom stereocenters. The fourth-order valence-electron chi connectivity index (χ4n) is 3.54. The lowest BCUT2D eigenvalue weighted by Gasteiger charge is -2.33. The number of carbonyl (C=O) groups is 1. The molecule has 0 spiro atoms. The minimum atomic E-state index is -2.96. The van der Waals surface area contributed by atoms with Crippen LogP contribution < -0.4 is 5.32 Å². The van der Waals surface area contributed by atoms with Gasteiger partial charge in [0.1, 0.15) is 6.04 Å². The van der Waals surface area contributed by atoms with E-state index >= 15 is 0 Å². The first-order valence-electron chi connectivity index (χ1n) is 10.3. The zero-order chi connectivity index (χ0) is 19.5. The Morgan fingerprint density at radius 1 is 1.00 bits per heavy atom. The third kappa shape index (κ3) is 7.62. The van der Waals surface area contributed by atoms with Crippen molar-refractivity contribution in [3.8, 4) is 0 Å². The van der Waals surface area contributed by atoms with Gasteiger partial charge in [0.05, 0.1) is 11.5 Å². The van der Waals surface area contributed by atoms with E-state index in [1.54, 1.807) is 0 Å². The summed E-state index contributed by atoms with van der Waals surface area (Å²) in [5.41, 5.74) is 0.925. The van der Waals surface area contributed by atoms with Crippen LogP contribution in [0.1, 0.15) is 63.5 Å². The van der Waals surface area contributed by atoms with E-state index in [1.165, 1.54) is 32.1 Å². The molecule has 2 rings (SSSR count). The largest absolute Gasteiger partial charge is 0.354 e. The number of unbranched alkanes of at least 4 members (excludes halogenated alkanes) is 6.